The standard InChI is InChI=1S/C21H21F3N4O3/c1-20(2,3)31-18(30)11-4-7-13(8-5-11)26-10-12-6-9-14-15(16(12)21(22,23)24)17(29)28-19(25)27-14/h4-9,26H,10H2,1-3H3,(H3,25,27,28,29). The van der Waals surface area contributed by atoms with Gasteiger partial charge in [0.15, 0.2) is 0 Å². The summed E-state index contributed by atoms with van der Waals surface area (Å²) in [6.45, 7) is 5.03. The monoisotopic (exact) mass is 434 g/mol. The molecule has 0 unspecified atom stereocenters. The second-order valence-corrected chi connectivity index (χ2v) is 7.88. The molecule has 0 aliphatic carbocycles. The number of ether oxygens (including phenoxy) is 1. The maximum absolute atomic E-state index is 13.8. The fraction of sp³-hybridized carbons (Fsp3) is 0.286. The van der Waals surface area contributed by atoms with Gasteiger partial charge >= 0.3 is 12.1 Å². The highest BCUT2D eigenvalue weighted by Gasteiger charge is 2.36. The largest absolute Gasteiger partial charge is 0.456 e. The average molecular weight is 434 g/mol. The van der Waals surface area contributed by atoms with E-state index in [1.165, 1.54) is 24.3 Å². The summed E-state index contributed by atoms with van der Waals surface area (Å²) in [5.74, 6) is -0.763. The Labute approximate surface area is 175 Å². The van der Waals surface area contributed by atoms with Gasteiger partial charge in [-0.05, 0) is 56.7 Å². The SMILES string of the molecule is CC(C)(C)OC(=O)c1ccc(NCc2ccc3nc(N)[nH]c(=O)c3c2C(F)(F)F)cc1. The van der Waals surface area contributed by atoms with Crippen molar-refractivity contribution in [2.45, 2.75) is 39.1 Å². The van der Waals surface area contributed by atoms with E-state index in [-0.39, 0.29) is 23.6 Å². The summed E-state index contributed by atoms with van der Waals surface area (Å²) >= 11 is 0. The zero-order valence-corrected chi connectivity index (χ0v) is 17.1. The van der Waals surface area contributed by atoms with Gasteiger partial charge in [0, 0.05) is 12.2 Å². The van der Waals surface area contributed by atoms with Gasteiger partial charge in [0.25, 0.3) is 5.56 Å². The van der Waals surface area contributed by atoms with Crippen LogP contribution < -0.4 is 16.6 Å². The molecule has 3 aromatic rings. The maximum atomic E-state index is 13.8. The lowest BCUT2D eigenvalue weighted by Crippen LogP contribution is -2.23. The molecule has 0 saturated heterocycles. The van der Waals surface area contributed by atoms with Crippen LogP contribution in [0.15, 0.2) is 41.2 Å². The van der Waals surface area contributed by atoms with Crippen molar-refractivity contribution in [1.82, 2.24) is 9.97 Å². The number of hydrogen-bond acceptors (Lipinski definition) is 6. The number of hydrogen-bond donors (Lipinski definition) is 3. The molecule has 1 heterocycles. The summed E-state index contributed by atoms with van der Waals surface area (Å²) in [4.78, 5) is 30.1. The van der Waals surface area contributed by atoms with E-state index in [0.29, 0.717) is 11.3 Å². The van der Waals surface area contributed by atoms with Crippen LogP contribution in [-0.4, -0.2) is 21.5 Å². The molecule has 0 fully saturated rings. The highest BCUT2D eigenvalue weighted by molar-refractivity contribution is 5.90. The van der Waals surface area contributed by atoms with Crippen molar-refractivity contribution < 1.29 is 22.7 Å². The van der Waals surface area contributed by atoms with Crippen LogP contribution in [-0.2, 0) is 17.5 Å². The van der Waals surface area contributed by atoms with Crippen molar-refractivity contribution in [3.63, 3.8) is 0 Å². The van der Waals surface area contributed by atoms with Gasteiger partial charge in [0.1, 0.15) is 5.60 Å². The van der Waals surface area contributed by atoms with E-state index in [0.717, 1.165) is 0 Å². The first-order valence-corrected chi connectivity index (χ1v) is 9.31. The summed E-state index contributed by atoms with van der Waals surface area (Å²) in [6, 6.07) is 8.71. The smallest absolute Gasteiger partial charge is 0.417 e. The molecule has 0 aliphatic rings. The fourth-order valence-corrected chi connectivity index (χ4v) is 3.02. The second kappa shape index (κ2) is 7.93. The first kappa shape index (κ1) is 22.1. The summed E-state index contributed by atoms with van der Waals surface area (Å²) in [6.07, 6.45) is -4.78. The first-order chi connectivity index (χ1) is 14.3. The third-order valence-electron chi connectivity index (χ3n) is 4.27. The van der Waals surface area contributed by atoms with Crippen LogP contribution in [0, 0.1) is 0 Å². The van der Waals surface area contributed by atoms with Crippen molar-refractivity contribution in [3.8, 4) is 0 Å². The second-order valence-electron chi connectivity index (χ2n) is 7.88. The molecular formula is C21H21F3N4O3. The van der Waals surface area contributed by atoms with Crippen molar-refractivity contribution in [2.24, 2.45) is 0 Å². The molecule has 164 valence electrons. The van der Waals surface area contributed by atoms with Gasteiger partial charge in [-0.25, -0.2) is 9.78 Å². The minimum Gasteiger partial charge on any atom is -0.456 e. The van der Waals surface area contributed by atoms with E-state index in [1.54, 1.807) is 32.9 Å². The Bertz CT molecular complexity index is 1180. The molecule has 31 heavy (non-hydrogen) atoms. The Balaban J connectivity index is 1.87. The number of alkyl halides is 3. The van der Waals surface area contributed by atoms with Crippen LogP contribution in [0.2, 0.25) is 0 Å². The zero-order valence-electron chi connectivity index (χ0n) is 17.1. The number of esters is 1. The molecule has 0 spiro atoms. The van der Waals surface area contributed by atoms with Gasteiger partial charge in [-0.2, -0.15) is 13.2 Å². The van der Waals surface area contributed by atoms with Gasteiger partial charge < -0.3 is 15.8 Å². The van der Waals surface area contributed by atoms with E-state index >= 15 is 0 Å². The van der Waals surface area contributed by atoms with Crippen LogP contribution in [0.25, 0.3) is 10.9 Å². The predicted octanol–water partition coefficient (Wildman–Crippen LogP) is 4.09. The number of aromatic amines is 1. The minimum absolute atomic E-state index is 0.131. The number of fused-ring (bicyclic) bond motifs is 1. The maximum Gasteiger partial charge on any atom is 0.417 e. The molecule has 3 rings (SSSR count). The Morgan fingerprint density at radius 2 is 1.77 bits per heavy atom. The Morgan fingerprint density at radius 3 is 2.35 bits per heavy atom. The Kier molecular flexibility index (Phi) is 5.66. The number of carbonyl (C=O) groups excluding carboxylic acids is 1. The van der Waals surface area contributed by atoms with Crippen molar-refractivity contribution >= 4 is 28.5 Å². The van der Waals surface area contributed by atoms with Gasteiger partial charge in [0.05, 0.1) is 22.0 Å². The normalized spacial score (nSPS) is 12.1. The van der Waals surface area contributed by atoms with Crippen molar-refractivity contribution in [1.29, 1.82) is 0 Å². The van der Waals surface area contributed by atoms with Gasteiger partial charge in [-0.3, -0.25) is 9.78 Å². The van der Waals surface area contributed by atoms with Crippen LogP contribution in [0.1, 0.15) is 42.3 Å². The molecule has 7 nitrogen and oxygen atoms in total. The van der Waals surface area contributed by atoms with Crippen molar-refractivity contribution in [3.05, 3.63) is 63.4 Å². The summed E-state index contributed by atoms with van der Waals surface area (Å²) < 4.78 is 46.6. The molecule has 4 N–H and O–H groups in total. The number of nitrogens with two attached hydrogens (primary N) is 1. The van der Waals surface area contributed by atoms with E-state index in [1.807, 2.05) is 0 Å². The van der Waals surface area contributed by atoms with Gasteiger partial charge in [-0.15, -0.1) is 0 Å². The number of nitrogens with zero attached hydrogens (tertiary/aromatic N) is 1. The number of carbonyl (C=O) groups is 1. The fourth-order valence-electron chi connectivity index (χ4n) is 3.02. The topological polar surface area (TPSA) is 110 Å². The lowest BCUT2D eigenvalue weighted by atomic mass is 10.0. The Hall–Kier alpha value is -3.56. The lowest BCUT2D eigenvalue weighted by Gasteiger charge is -2.19. The quantitative estimate of drug-likeness (QED) is 0.534. The molecule has 0 amide bonds. The van der Waals surface area contributed by atoms with Crippen LogP contribution in [0.4, 0.5) is 24.8 Å². The highest BCUT2D eigenvalue weighted by Crippen LogP contribution is 2.36. The first-order valence-electron chi connectivity index (χ1n) is 9.31. The highest BCUT2D eigenvalue weighted by atomic mass is 19.4. The summed E-state index contributed by atoms with van der Waals surface area (Å²) in [5, 5.41) is 2.31. The molecule has 0 saturated carbocycles. The van der Waals surface area contributed by atoms with E-state index in [9.17, 15) is 22.8 Å². The van der Waals surface area contributed by atoms with Crippen LogP contribution >= 0.6 is 0 Å². The number of benzene rings is 2. The zero-order chi connectivity index (χ0) is 23.0. The predicted molar refractivity (Wildman–Crippen MR) is 111 cm³/mol. The van der Waals surface area contributed by atoms with Crippen LogP contribution in [0.5, 0.6) is 0 Å². The third-order valence-corrected chi connectivity index (χ3v) is 4.27. The van der Waals surface area contributed by atoms with E-state index in [4.69, 9.17) is 10.5 Å². The van der Waals surface area contributed by atoms with Gasteiger partial charge in [-0.1, -0.05) is 6.07 Å². The minimum atomic E-state index is -4.78. The van der Waals surface area contributed by atoms with Gasteiger partial charge in [0.2, 0.25) is 5.95 Å². The number of nitrogen functional groups attached to an aromatic ring is 1. The summed E-state index contributed by atoms with van der Waals surface area (Å²) in [7, 11) is 0. The van der Waals surface area contributed by atoms with Crippen molar-refractivity contribution in [2.75, 3.05) is 11.1 Å². The number of halogens is 3. The molecule has 0 aliphatic heterocycles. The third kappa shape index (κ3) is 5.14. The van der Waals surface area contributed by atoms with Crippen LogP contribution in [0.3, 0.4) is 0 Å². The average Bonchev–Trinajstić information content (AvgIpc) is 2.64. The molecule has 0 bridgehead atoms. The molecule has 0 atom stereocenters. The number of rotatable bonds is 4. The lowest BCUT2D eigenvalue weighted by molar-refractivity contribution is -0.136. The number of H-pyrrole nitrogens is 1. The number of aromatic nitrogens is 2. The molecule has 0 radical (unpaired) electrons. The van der Waals surface area contributed by atoms with E-state index in [2.05, 4.69) is 15.3 Å². The molecule has 10 heteroatoms. The number of nitrogens with one attached hydrogen (secondary N) is 2. The molecular weight excluding hydrogens is 413 g/mol. The Morgan fingerprint density at radius 1 is 1.13 bits per heavy atom. The van der Waals surface area contributed by atoms with E-state index < -0.39 is 34.3 Å². The molecule has 1 aromatic heterocycles. The summed E-state index contributed by atoms with van der Waals surface area (Å²) in [5.41, 5.74) is 3.29. The molecule has 2 aromatic carbocycles. The number of anilines is 2.